The zero-order valence-electron chi connectivity index (χ0n) is 21.0. The van der Waals surface area contributed by atoms with Crippen LogP contribution in [0.4, 0.5) is 17.6 Å². The van der Waals surface area contributed by atoms with Crippen LogP contribution in [0, 0.1) is 12.7 Å². The van der Waals surface area contributed by atoms with E-state index >= 15 is 0 Å². The first-order valence-corrected chi connectivity index (χ1v) is 13.6. The fourth-order valence-corrected chi connectivity index (χ4v) is 5.01. The highest BCUT2D eigenvalue weighted by atomic mass is 32.2. The molecule has 2 aromatic carbocycles. The monoisotopic (exact) mass is 569 g/mol. The van der Waals surface area contributed by atoms with E-state index in [0.717, 1.165) is 24.3 Å². The number of rotatable bonds is 8. The van der Waals surface area contributed by atoms with Crippen LogP contribution in [0.25, 0.3) is 0 Å². The van der Waals surface area contributed by atoms with Crippen molar-refractivity contribution in [3.63, 3.8) is 0 Å². The zero-order chi connectivity index (χ0) is 28.4. The molecule has 1 fully saturated rings. The summed E-state index contributed by atoms with van der Waals surface area (Å²) in [5.41, 5.74) is 0.738. The molecule has 0 aliphatic carbocycles. The summed E-state index contributed by atoms with van der Waals surface area (Å²) in [4.78, 5) is 17.2. The maximum Gasteiger partial charge on any atom is 0.416 e. The summed E-state index contributed by atoms with van der Waals surface area (Å²) in [7, 11) is -4.15. The first-order valence-electron chi connectivity index (χ1n) is 12.0. The number of hydrogen-bond acceptors (Lipinski definition) is 7. The van der Waals surface area contributed by atoms with E-state index in [0.29, 0.717) is 55.2 Å². The predicted molar refractivity (Wildman–Crippen MR) is 131 cm³/mol. The molecule has 0 atom stereocenters. The Balaban J connectivity index is 1.34. The molecule has 1 amide bonds. The van der Waals surface area contributed by atoms with Crippen molar-refractivity contribution in [3.8, 4) is 0 Å². The number of halogens is 4. The Kier molecular flexibility index (Phi) is 8.32. The number of piperazine rings is 1. The smallest absolute Gasteiger partial charge is 0.340 e. The predicted octanol–water partition coefficient (Wildman–Crippen LogP) is 2.11. The number of amides is 1. The van der Waals surface area contributed by atoms with Gasteiger partial charge in [0.15, 0.2) is 5.82 Å². The average Bonchev–Trinajstić information content (AvgIpc) is 3.26. The first-order chi connectivity index (χ1) is 18.3. The molecule has 1 aliphatic heterocycles. The molecule has 0 bridgehead atoms. The Morgan fingerprint density at radius 2 is 1.74 bits per heavy atom. The number of tetrazole rings is 1. The van der Waals surface area contributed by atoms with Crippen molar-refractivity contribution in [1.82, 2.24) is 30.0 Å². The minimum Gasteiger partial charge on any atom is -0.340 e. The third-order valence-electron chi connectivity index (χ3n) is 6.44. The van der Waals surface area contributed by atoms with E-state index in [4.69, 9.17) is 5.14 Å². The SMILES string of the molecule is Cc1nnn(Cc2cc(C(F)(F)F)ccc2CCC(=O)N2CCN(Cc3ccc(S(N)(=O)=O)c(F)c3)CC2)n1. The molecule has 4 rings (SSSR count). The van der Waals surface area contributed by atoms with Crippen LogP contribution in [0.2, 0.25) is 0 Å². The van der Waals surface area contributed by atoms with Crippen LogP contribution in [0.5, 0.6) is 0 Å². The molecule has 10 nitrogen and oxygen atoms in total. The number of nitrogens with two attached hydrogens (primary N) is 1. The largest absolute Gasteiger partial charge is 0.416 e. The van der Waals surface area contributed by atoms with Crippen LogP contribution in [-0.4, -0.2) is 70.5 Å². The third-order valence-corrected chi connectivity index (χ3v) is 7.38. The second kappa shape index (κ2) is 11.4. The lowest BCUT2D eigenvalue weighted by Gasteiger charge is -2.35. The number of alkyl halides is 3. The van der Waals surface area contributed by atoms with E-state index in [1.807, 2.05) is 4.90 Å². The van der Waals surface area contributed by atoms with Crippen LogP contribution in [-0.2, 0) is 40.5 Å². The lowest BCUT2D eigenvalue weighted by atomic mass is 9.99. The van der Waals surface area contributed by atoms with Crippen molar-refractivity contribution in [1.29, 1.82) is 0 Å². The second-order valence-corrected chi connectivity index (χ2v) is 10.8. The van der Waals surface area contributed by atoms with Gasteiger partial charge in [-0.2, -0.15) is 18.0 Å². The highest BCUT2D eigenvalue weighted by Crippen LogP contribution is 2.31. The summed E-state index contributed by atoms with van der Waals surface area (Å²) in [6.45, 7) is 3.88. The Morgan fingerprint density at radius 1 is 1.03 bits per heavy atom. The van der Waals surface area contributed by atoms with Crippen molar-refractivity contribution in [2.75, 3.05) is 26.2 Å². The van der Waals surface area contributed by atoms with Crippen molar-refractivity contribution < 1.29 is 30.8 Å². The fraction of sp³-hybridized carbons (Fsp3) is 0.417. The van der Waals surface area contributed by atoms with Crippen molar-refractivity contribution >= 4 is 15.9 Å². The van der Waals surface area contributed by atoms with Gasteiger partial charge in [-0.1, -0.05) is 12.1 Å². The molecule has 3 aromatic rings. The van der Waals surface area contributed by atoms with E-state index in [1.54, 1.807) is 11.8 Å². The number of carbonyl (C=O) groups excluding carboxylic acids is 1. The van der Waals surface area contributed by atoms with Gasteiger partial charge < -0.3 is 4.90 Å². The van der Waals surface area contributed by atoms with Crippen molar-refractivity contribution in [3.05, 3.63) is 70.3 Å². The molecule has 210 valence electrons. The van der Waals surface area contributed by atoms with E-state index in [2.05, 4.69) is 15.4 Å². The number of nitrogens with zero attached hydrogens (tertiary/aromatic N) is 6. The van der Waals surface area contributed by atoms with Gasteiger partial charge in [0.1, 0.15) is 10.7 Å². The van der Waals surface area contributed by atoms with Gasteiger partial charge in [0.2, 0.25) is 15.9 Å². The lowest BCUT2D eigenvalue weighted by Crippen LogP contribution is -2.48. The number of aryl methyl sites for hydroxylation is 2. The summed E-state index contributed by atoms with van der Waals surface area (Å²) in [5, 5.41) is 16.6. The minimum absolute atomic E-state index is 0.00819. The van der Waals surface area contributed by atoms with E-state index in [9.17, 15) is 30.8 Å². The Hall–Kier alpha value is -3.43. The van der Waals surface area contributed by atoms with Gasteiger partial charge in [0.05, 0.1) is 12.1 Å². The molecular weight excluding hydrogens is 542 g/mol. The van der Waals surface area contributed by atoms with E-state index in [-0.39, 0.29) is 25.3 Å². The number of sulfonamides is 1. The Labute approximate surface area is 222 Å². The van der Waals surface area contributed by atoms with Crippen LogP contribution >= 0.6 is 0 Å². The molecule has 0 radical (unpaired) electrons. The molecule has 0 saturated carbocycles. The minimum atomic E-state index is -4.51. The molecule has 1 saturated heterocycles. The van der Waals surface area contributed by atoms with Gasteiger partial charge in [0.25, 0.3) is 0 Å². The van der Waals surface area contributed by atoms with E-state index < -0.39 is 32.5 Å². The first kappa shape index (κ1) is 28.6. The number of hydrogen-bond donors (Lipinski definition) is 1. The number of carbonyl (C=O) groups is 1. The van der Waals surface area contributed by atoms with Crippen LogP contribution in [0.1, 0.15) is 34.5 Å². The summed E-state index contributed by atoms with van der Waals surface area (Å²) >= 11 is 0. The summed E-state index contributed by atoms with van der Waals surface area (Å²) in [6.07, 6.45) is -4.15. The normalized spacial score (nSPS) is 15.1. The Bertz CT molecular complexity index is 1450. The standard InChI is InChI=1S/C24H27F4N7O3S/c1-16-30-32-35(31-16)15-19-13-20(24(26,27)28)5-3-18(19)4-7-23(36)34-10-8-33(9-11-34)14-17-2-6-22(21(25)12-17)39(29,37)38/h2-3,5-6,12-13H,4,7-11,14-15H2,1H3,(H2,29,37,38). The van der Waals surface area contributed by atoms with Crippen molar-refractivity contribution in [2.45, 2.75) is 43.9 Å². The third kappa shape index (κ3) is 7.36. The maximum atomic E-state index is 14.1. The van der Waals surface area contributed by atoms with Gasteiger partial charge in [0, 0.05) is 39.1 Å². The molecule has 2 N–H and O–H groups in total. The molecule has 1 aromatic heterocycles. The van der Waals surface area contributed by atoms with Crippen molar-refractivity contribution in [2.24, 2.45) is 5.14 Å². The second-order valence-electron chi connectivity index (χ2n) is 9.32. The van der Waals surface area contributed by atoms with Gasteiger partial charge in [-0.15, -0.1) is 10.2 Å². The number of primary sulfonamides is 1. The maximum absolute atomic E-state index is 14.1. The molecule has 1 aliphatic rings. The molecule has 39 heavy (non-hydrogen) atoms. The molecule has 0 unspecified atom stereocenters. The summed E-state index contributed by atoms with van der Waals surface area (Å²) < 4.78 is 76.8. The van der Waals surface area contributed by atoms with Crippen LogP contribution in [0.15, 0.2) is 41.3 Å². The Morgan fingerprint density at radius 3 is 2.33 bits per heavy atom. The fourth-order valence-electron chi connectivity index (χ4n) is 4.42. The van der Waals surface area contributed by atoms with Gasteiger partial charge in [-0.3, -0.25) is 9.69 Å². The molecule has 0 spiro atoms. The molecule has 15 heteroatoms. The average molecular weight is 570 g/mol. The van der Waals surface area contributed by atoms with Crippen LogP contribution in [0.3, 0.4) is 0 Å². The number of aromatic nitrogens is 4. The molecule has 2 heterocycles. The lowest BCUT2D eigenvalue weighted by molar-refractivity contribution is -0.137. The number of benzene rings is 2. The molecular formula is C24H27F4N7O3S. The summed E-state index contributed by atoms with van der Waals surface area (Å²) in [5.74, 6) is -0.650. The quantitative estimate of drug-likeness (QED) is 0.412. The van der Waals surface area contributed by atoms with E-state index in [1.165, 1.54) is 16.9 Å². The highest BCUT2D eigenvalue weighted by Gasteiger charge is 2.31. The highest BCUT2D eigenvalue weighted by molar-refractivity contribution is 7.89. The van der Waals surface area contributed by atoms with Gasteiger partial charge in [-0.25, -0.2) is 17.9 Å². The summed E-state index contributed by atoms with van der Waals surface area (Å²) in [6, 6.07) is 7.20. The zero-order valence-corrected chi connectivity index (χ0v) is 21.8. The van der Waals surface area contributed by atoms with Gasteiger partial charge >= 0.3 is 6.18 Å². The topological polar surface area (TPSA) is 127 Å². The van der Waals surface area contributed by atoms with Crippen LogP contribution < -0.4 is 5.14 Å². The van der Waals surface area contributed by atoms with Gasteiger partial charge in [-0.05, 0) is 59.5 Å².